The van der Waals surface area contributed by atoms with Crippen LogP contribution in [0.3, 0.4) is 0 Å². The molecule has 3 aliphatic rings. The van der Waals surface area contributed by atoms with Crippen LogP contribution in [0, 0.1) is 11.8 Å². The summed E-state index contributed by atoms with van der Waals surface area (Å²) in [7, 11) is 0. The van der Waals surface area contributed by atoms with E-state index in [0.29, 0.717) is 0 Å². The van der Waals surface area contributed by atoms with Gasteiger partial charge >= 0.3 is 0 Å². The van der Waals surface area contributed by atoms with Crippen LogP contribution in [-0.2, 0) is 20.8 Å². The molecule has 5 nitrogen and oxygen atoms in total. The normalized spacial score (nSPS) is 28.7. The van der Waals surface area contributed by atoms with Crippen molar-refractivity contribution in [2.75, 3.05) is 6.54 Å². The SMILES string of the molecule is O=C(CN1C(=O)[C@@H]2CCCC[C@H]2C1=O)N[C@H]1CCc2ccccc21. The number of amides is 3. The van der Waals surface area contributed by atoms with Crippen molar-refractivity contribution < 1.29 is 14.4 Å². The summed E-state index contributed by atoms with van der Waals surface area (Å²) in [5.41, 5.74) is 2.42. The van der Waals surface area contributed by atoms with Gasteiger partial charge in [0, 0.05) is 0 Å². The molecular formula is C19H22N2O3. The van der Waals surface area contributed by atoms with E-state index in [-0.39, 0.29) is 42.1 Å². The number of carbonyl (C=O) groups is 3. The summed E-state index contributed by atoms with van der Waals surface area (Å²) >= 11 is 0. The Kier molecular flexibility index (Phi) is 3.87. The summed E-state index contributed by atoms with van der Waals surface area (Å²) in [4.78, 5) is 38.5. The van der Waals surface area contributed by atoms with Crippen LogP contribution in [0.1, 0.15) is 49.3 Å². The molecule has 1 aromatic carbocycles. The van der Waals surface area contributed by atoms with Gasteiger partial charge in [0.2, 0.25) is 17.7 Å². The Morgan fingerprint density at radius 1 is 1.04 bits per heavy atom. The van der Waals surface area contributed by atoms with Gasteiger partial charge in [-0.25, -0.2) is 0 Å². The van der Waals surface area contributed by atoms with Crippen LogP contribution in [-0.4, -0.2) is 29.2 Å². The topological polar surface area (TPSA) is 66.5 Å². The second-order valence-electron chi connectivity index (χ2n) is 7.12. The van der Waals surface area contributed by atoms with Crippen LogP contribution in [0.4, 0.5) is 0 Å². The van der Waals surface area contributed by atoms with Crippen LogP contribution in [0.5, 0.6) is 0 Å². The number of nitrogens with one attached hydrogen (secondary N) is 1. The fourth-order valence-corrected chi connectivity index (χ4v) is 4.48. The zero-order valence-corrected chi connectivity index (χ0v) is 13.7. The van der Waals surface area contributed by atoms with Gasteiger partial charge < -0.3 is 5.32 Å². The molecule has 0 radical (unpaired) electrons. The molecule has 1 N–H and O–H groups in total. The molecule has 1 aromatic rings. The molecular weight excluding hydrogens is 304 g/mol. The molecule has 0 aromatic heterocycles. The Morgan fingerprint density at radius 2 is 1.71 bits per heavy atom. The predicted molar refractivity (Wildman–Crippen MR) is 87.8 cm³/mol. The summed E-state index contributed by atoms with van der Waals surface area (Å²) in [5, 5.41) is 3.00. The van der Waals surface area contributed by atoms with Crippen molar-refractivity contribution in [1.29, 1.82) is 0 Å². The lowest BCUT2D eigenvalue weighted by molar-refractivity contribution is -0.143. The van der Waals surface area contributed by atoms with E-state index in [9.17, 15) is 14.4 Å². The van der Waals surface area contributed by atoms with Crippen LogP contribution in [0.25, 0.3) is 0 Å². The average Bonchev–Trinajstić information content (AvgIpc) is 3.11. The number of benzene rings is 1. The quantitative estimate of drug-likeness (QED) is 0.864. The molecule has 5 heteroatoms. The minimum atomic E-state index is -0.239. The molecule has 0 bridgehead atoms. The van der Waals surface area contributed by atoms with E-state index in [4.69, 9.17) is 0 Å². The number of hydrogen-bond donors (Lipinski definition) is 1. The molecule has 1 aliphatic heterocycles. The van der Waals surface area contributed by atoms with E-state index in [1.54, 1.807) is 0 Å². The van der Waals surface area contributed by atoms with Gasteiger partial charge in [-0.05, 0) is 36.8 Å². The third kappa shape index (κ3) is 2.52. The van der Waals surface area contributed by atoms with Crippen molar-refractivity contribution in [1.82, 2.24) is 10.2 Å². The van der Waals surface area contributed by atoms with E-state index < -0.39 is 0 Å². The molecule has 24 heavy (non-hydrogen) atoms. The highest BCUT2D eigenvalue weighted by Crippen LogP contribution is 2.38. The van der Waals surface area contributed by atoms with Gasteiger partial charge in [-0.2, -0.15) is 0 Å². The molecule has 1 saturated heterocycles. The third-order valence-electron chi connectivity index (χ3n) is 5.70. The molecule has 0 spiro atoms. The highest BCUT2D eigenvalue weighted by Gasteiger charge is 2.48. The Balaban J connectivity index is 1.42. The smallest absolute Gasteiger partial charge is 0.240 e. The van der Waals surface area contributed by atoms with E-state index >= 15 is 0 Å². The number of imide groups is 1. The number of fused-ring (bicyclic) bond motifs is 2. The van der Waals surface area contributed by atoms with Crippen molar-refractivity contribution in [3.05, 3.63) is 35.4 Å². The molecule has 0 unspecified atom stereocenters. The highest BCUT2D eigenvalue weighted by molar-refractivity contribution is 6.07. The monoisotopic (exact) mass is 326 g/mol. The summed E-state index contributed by atoms with van der Waals surface area (Å²) in [6.45, 7) is -0.136. The Bertz CT molecular complexity index is 676. The first-order valence-electron chi connectivity index (χ1n) is 8.87. The van der Waals surface area contributed by atoms with Crippen LogP contribution < -0.4 is 5.32 Å². The number of carbonyl (C=O) groups excluding carboxylic acids is 3. The zero-order chi connectivity index (χ0) is 16.7. The third-order valence-corrected chi connectivity index (χ3v) is 5.70. The first-order valence-corrected chi connectivity index (χ1v) is 8.87. The van der Waals surface area contributed by atoms with E-state index in [2.05, 4.69) is 11.4 Å². The van der Waals surface area contributed by atoms with Crippen molar-refractivity contribution in [3.63, 3.8) is 0 Å². The van der Waals surface area contributed by atoms with Crippen LogP contribution >= 0.6 is 0 Å². The van der Waals surface area contributed by atoms with Crippen molar-refractivity contribution in [2.45, 2.75) is 44.6 Å². The molecule has 2 aliphatic carbocycles. The highest BCUT2D eigenvalue weighted by atomic mass is 16.2. The lowest BCUT2D eigenvalue weighted by Gasteiger charge is -2.19. The van der Waals surface area contributed by atoms with Crippen molar-refractivity contribution >= 4 is 17.7 Å². The predicted octanol–water partition coefficient (Wildman–Crippen LogP) is 1.97. The number of nitrogens with zero attached hydrogens (tertiary/aromatic N) is 1. The lowest BCUT2D eigenvalue weighted by Crippen LogP contribution is -2.41. The molecule has 4 rings (SSSR count). The number of likely N-dealkylation sites (tertiary alicyclic amines) is 1. The number of hydrogen-bond acceptors (Lipinski definition) is 3. The number of aryl methyl sites for hydroxylation is 1. The van der Waals surface area contributed by atoms with E-state index in [1.165, 1.54) is 10.5 Å². The van der Waals surface area contributed by atoms with E-state index in [0.717, 1.165) is 44.1 Å². The van der Waals surface area contributed by atoms with Crippen LogP contribution in [0.15, 0.2) is 24.3 Å². The van der Waals surface area contributed by atoms with Crippen molar-refractivity contribution in [3.8, 4) is 0 Å². The molecule has 1 saturated carbocycles. The van der Waals surface area contributed by atoms with Crippen LogP contribution in [0.2, 0.25) is 0 Å². The molecule has 2 fully saturated rings. The molecule has 1 heterocycles. The van der Waals surface area contributed by atoms with Gasteiger partial charge in [0.05, 0.1) is 17.9 Å². The maximum absolute atomic E-state index is 12.4. The Morgan fingerprint density at radius 3 is 2.42 bits per heavy atom. The fourth-order valence-electron chi connectivity index (χ4n) is 4.48. The van der Waals surface area contributed by atoms with Gasteiger partial charge in [0.25, 0.3) is 0 Å². The minimum Gasteiger partial charge on any atom is -0.348 e. The average molecular weight is 326 g/mol. The van der Waals surface area contributed by atoms with Gasteiger partial charge in [-0.3, -0.25) is 19.3 Å². The fraction of sp³-hybridized carbons (Fsp3) is 0.526. The van der Waals surface area contributed by atoms with Crippen molar-refractivity contribution in [2.24, 2.45) is 11.8 Å². The number of rotatable bonds is 3. The first kappa shape index (κ1) is 15.4. The largest absolute Gasteiger partial charge is 0.348 e. The molecule has 3 amide bonds. The second-order valence-corrected chi connectivity index (χ2v) is 7.12. The van der Waals surface area contributed by atoms with Gasteiger partial charge in [-0.1, -0.05) is 37.1 Å². The standard InChI is InChI=1S/C19H22N2O3/c22-17(20-16-10-9-12-5-1-2-6-13(12)16)11-21-18(23)14-7-3-4-8-15(14)19(21)24/h1-2,5-6,14-16H,3-4,7-11H2,(H,20,22)/t14-,15-,16+/m1/s1. The first-order chi connectivity index (χ1) is 11.6. The summed E-state index contributed by atoms with van der Waals surface area (Å²) < 4.78 is 0. The zero-order valence-electron chi connectivity index (χ0n) is 13.7. The maximum atomic E-state index is 12.4. The molecule has 126 valence electrons. The lowest BCUT2D eigenvalue weighted by atomic mass is 9.81. The van der Waals surface area contributed by atoms with Gasteiger partial charge in [0.15, 0.2) is 0 Å². The summed E-state index contributed by atoms with van der Waals surface area (Å²) in [6.07, 6.45) is 5.38. The minimum absolute atomic E-state index is 0.0104. The molecule has 3 atom stereocenters. The summed E-state index contributed by atoms with van der Waals surface area (Å²) in [5.74, 6) is -0.909. The Hall–Kier alpha value is -2.17. The van der Waals surface area contributed by atoms with E-state index in [1.807, 2.05) is 18.2 Å². The van der Waals surface area contributed by atoms with Gasteiger partial charge in [-0.15, -0.1) is 0 Å². The summed E-state index contributed by atoms with van der Waals surface area (Å²) in [6, 6.07) is 8.09. The maximum Gasteiger partial charge on any atom is 0.240 e. The second kappa shape index (κ2) is 6.04. The Labute approximate surface area is 141 Å². The van der Waals surface area contributed by atoms with Gasteiger partial charge in [0.1, 0.15) is 6.54 Å².